The maximum atomic E-state index is 12.9. The molecule has 1 heterocycles. The van der Waals surface area contributed by atoms with Gasteiger partial charge in [0.15, 0.2) is 0 Å². The highest BCUT2D eigenvalue weighted by Crippen LogP contribution is 2.35. The summed E-state index contributed by atoms with van der Waals surface area (Å²) in [5.74, 6) is -0.463. The Labute approximate surface area is 162 Å². The van der Waals surface area contributed by atoms with Crippen molar-refractivity contribution in [3.63, 3.8) is 0 Å². The maximum Gasteiger partial charge on any atom is 0.411 e. The number of ether oxygens (including phenoxy) is 1. The van der Waals surface area contributed by atoms with Gasteiger partial charge < -0.3 is 15.2 Å². The van der Waals surface area contributed by atoms with Gasteiger partial charge >= 0.3 is 6.09 Å². The number of aliphatic hydroxyl groups excluding tert-OH is 1. The molecule has 5 atom stereocenters. The summed E-state index contributed by atoms with van der Waals surface area (Å²) in [4.78, 5) is 26.1. The van der Waals surface area contributed by atoms with Crippen molar-refractivity contribution in [1.29, 1.82) is 5.26 Å². The quantitative estimate of drug-likeness (QED) is 0.691. The van der Waals surface area contributed by atoms with Crippen LogP contribution in [0.4, 0.5) is 4.79 Å². The van der Waals surface area contributed by atoms with Gasteiger partial charge in [0, 0.05) is 12.8 Å². The van der Waals surface area contributed by atoms with Crippen LogP contribution in [-0.2, 0) is 9.53 Å². The van der Waals surface area contributed by atoms with E-state index in [1.165, 1.54) is 11.8 Å². The van der Waals surface area contributed by atoms with E-state index in [1.54, 1.807) is 20.8 Å². The average Bonchev–Trinajstić information content (AvgIpc) is 2.89. The number of hydrogen-bond acceptors (Lipinski definition) is 5. The number of nitriles is 1. The Morgan fingerprint density at radius 2 is 2.07 bits per heavy atom. The minimum absolute atomic E-state index is 0.171. The van der Waals surface area contributed by atoms with E-state index in [2.05, 4.69) is 11.4 Å². The Morgan fingerprint density at radius 3 is 2.52 bits per heavy atom. The fourth-order valence-electron chi connectivity index (χ4n) is 3.60. The molecule has 0 spiro atoms. The second-order valence-electron chi connectivity index (χ2n) is 8.03. The molecule has 0 bridgehead atoms. The number of amides is 2. The minimum atomic E-state index is -0.834. The Bertz CT molecular complexity index is 591. The molecule has 1 rings (SSSR count). The Kier molecular flexibility index (Phi) is 8.29. The van der Waals surface area contributed by atoms with E-state index in [9.17, 15) is 20.0 Å². The van der Waals surface area contributed by atoms with Crippen LogP contribution in [0, 0.1) is 17.2 Å². The molecule has 152 valence electrons. The number of hydrogen-bond donors (Lipinski definition) is 2. The first-order valence-corrected chi connectivity index (χ1v) is 9.54. The number of likely N-dealkylation sites (tertiary alicyclic amines) is 1. The Morgan fingerprint density at radius 1 is 1.44 bits per heavy atom. The van der Waals surface area contributed by atoms with Crippen molar-refractivity contribution in [3.8, 4) is 6.07 Å². The molecule has 1 aliphatic rings. The summed E-state index contributed by atoms with van der Waals surface area (Å²) in [6.45, 7) is 10.5. The van der Waals surface area contributed by atoms with Crippen LogP contribution in [0.15, 0.2) is 12.2 Å². The number of carbonyl (C=O) groups is 2. The number of allylic oxidation sites excluding steroid dienone is 1. The van der Waals surface area contributed by atoms with Gasteiger partial charge in [-0.2, -0.15) is 5.26 Å². The van der Waals surface area contributed by atoms with Crippen molar-refractivity contribution in [2.24, 2.45) is 5.92 Å². The zero-order valence-electron chi connectivity index (χ0n) is 17.2. The normalized spacial score (nSPS) is 25.1. The highest BCUT2D eigenvalue weighted by molar-refractivity contribution is 5.74. The van der Waals surface area contributed by atoms with Gasteiger partial charge in [-0.3, -0.25) is 9.69 Å². The van der Waals surface area contributed by atoms with E-state index in [0.717, 1.165) is 6.42 Å². The van der Waals surface area contributed by atoms with Crippen LogP contribution in [0.25, 0.3) is 0 Å². The van der Waals surface area contributed by atoms with E-state index in [-0.39, 0.29) is 11.8 Å². The molecule has 1 unspecified atom stereocenters. The number of nitrogens with one attached hydrogen (secondary N) is 1. The third kappa shape index (κ3) is 6.24. The molecule has 2 amide bonds. The van der Waals surface area contributed by atoms with E-state index in [1.807, 2.05) is 26.0 Å². The van der Waals surface area contributed by atoms with Crippen LogP contribution in [0.3, 0.4) is 0 Å². The fraction of sp³-hybridized carbons (Fsp3) is 0.750. The zero-order valence-corrected chi connectivity index (χ0v) is 17.2. The van der Waals surface area contributed by atoms with Crippen LogP contribution < -0.4 is 5.32 Å². The van der Waals surface area contributed by atoms with Crippen molar-refractivity contribution in [3.05, 3.63) is 12.2 Å². The summed E-state index contributed by atoms with van der Waals surface area (Å²) in [7, 11) is 0. The molecule has 0 radical (unpaired) electrons. The average molecular weight is 380 g/mol. The molecule has 0 saturated carbocycles. The van der Waals surface area contributed by atoms with Gasteiger partial charge in [-0.25, -0.2) is 4.79 Å². The number of carbonyl (C=O) groups excluding carboxylic acids is 2. The largest absolute Gasteiger partial charge is 0.444 e. The second-order valence-corrected chi connectivity index (χ2v) is 8.03. The van der Waals surface area contributed by atoms with Crippen LogP contribution in [-0.4, -0.2) is 51.8 Å². The summed E-state index contributed by atoms with van der Waals surface area (Å²) < 4.78 is 5.52. The minimum Gasteiger partial charge on any atom is -0.444 e. The predicted molar refractivity (Wildman–Crippen MR) is 103 cm³/mol. The third-order valence-corrected chi connectivity index (χ3v) is 4.52. The van der Waals surface area contributed by atoms with Crippen molar-refractivity contribution < 1.29 is 19.4 Å². The van der Waals surface area contributed by atoms with Crippen LogP contribution in [0.2, 0.25) is 0 Å². The van der Waals surface area contributed by atoms with Gasteiger partial charge in [0.1, 0.15) is 11.6 Å². The van der Waals surface area contributed by atoms with Gasteiger partial charge in [0.25, 0.3) is 0 Å². The highest BCUT2D eigenvalue weighted by Gasteiger charge is 2.49. The number of aliphatic hydroxyl groups is 1. The SMILES string of the molecule is CC=C[C@@H]1C[C@H](C#N)N(C(=O)OC(C)(C)C)[C@H]1[C@@H](NC(C)=O)C(O)CCC. The maximum absolute atomic E-state index is 12.9. The molecule has 2 N–H and O–H groups in total. The lowest BCUT2D eigenvalue weighted by Crippen LogP contribution is -2.59. The first-order valence-electron chi connectivity index (χ1n) is 9.54. The number of rotatable bonds is 6. The molecule has 27 heavy (non-hydrogen) atoms. The van der Waals surface area contributed by atoms with E-state index in [4.69, 9.17) is 4.74 Å². The van der Waals surface area contributed by atoms with Gasteiger partial charge in [0.05, 0.1) is 24.3 Å². The molecule has 0 aliphatic carbocycles. The van der Waals surface area contributed by atoms with E-state index < -0.39 is 35.9 Å². The van der Waals surface area contributed by atoms with Crippen LogP contribution in [0.5, 0.6) is 0 Å². The van der Waals surface area contributed by atoms with Gasteiger partial charge in [-0.1, -0.05) is 25.5 Å². The fourth-order valence-corrected chi connectivity index (χ4v) is 3.60. The van der Waals surface area contributed by atoms with Crippen LogP contribution in [0.1, 0.15) is 60.8 Å². The third-order valence-electron chi connectivity index (χ3n) is 4.52. The lowest BCUT2D eigenvalue weighted by molar-refractivity contribution is -0.121. The molecule has 7 nitrogen and oxygen atoms in total. The van der Waals surface area contributed by atoms with Crippen molar-refractivity contribution in [2.45, 2.75) is 90.6 Å². The number of nitrogens with zero attached hydrogens (tertiary/aromatic N) is 2. The van der Waals surface area contributed by atoms with Crippen LogP contribution >= 0.6 is 0 Å². The highest BCUT2D eigenvalue weighted by atomic mass is 16.6. The molecule has 0 aromatic carbocycles. The molecule has 0 aromatic rings. The molecule has 7 heteroatoms. The van der Waals surface area contributed by atoms with Crippen molar-refractivity contribution in [2.75, 3.05) is 0 Å². The first kappa shape index (κ1) is 23.0. The van der Waals surface area contributed by atoms with Crippen molar-refractivity contribution >= 4 is 12.0 Å². The summed E-state index contributed by atoms with van der Waals surface area (Å²) >= 11 is 0. The monoisotopic (exact) mass is 379 g/mol. The summed E-state index contributed by atoms with van der Waals surface area (Å²) in [5, 5.41) is 23.1. The standard InChI is InChI=1S/C20H33N3O4/c1-7-9-14-11-15(12-21)23(19(26)27-20(4,5)6)18(14)17(22-13(3)24)16(25)10-8-2/h7,9,14-18,25H,8,10-11H2,1-6H3,(H,22,24)/t14-,15-,16?,17+,18-/m1/s1. The smallest absolute Gasteiger partial charge is 0.411 e. The van der Waals surface area contributed by atoms with Gasteiger partial charge in [0.2, 0.25) is 5.91 Å². The second kappa shape index (κ2) is 9.75. The van der Waals surface area contributed by atoms with E-state index in [0.29, 0.717) is 12.8 Å². The lowest BCUT2D eigenvalue weighted by Gasteiger charge is -2.38. The predicted octanol–water partition coefficient (Wildman–Crippen LogP) is 2.75. The molecule has 1 aliphatic heterocycles. The molecular formula is C20H33N3O4. The van der Waals surface area contributed by atoms with Gasteiger partial charge in [-0.05, 0) is 40.5 Å². The molecule has 1 fully saturated rings. The lowest BCUT2D eigenvalue weighted by atomic mass is 9.88. The zero-order chi connectivity index (χ0) is 20.8. The molecule has 1 saturated heterocycles. The topological polar surface area (TPSA) is 103 Å². The van der Waals surface area contributed by atoms with E-state index >= 15 is 0 Å². The molecular weight excluding hydrogens is 346 g/mol. The molecule has 0 aromatic heterocycles. The first-order chi connectivity index (χ1) is 12.6. The summed E-state index contributed by atoms with van der Waals surface area (Å²) in [6.07, 6.45) is 3.98. The Hall–Kier alpha value is -2.07. The summed E-state index contributed by atoms with van der Waals surface area (Å²) in [5.41, 5.74) is -0.716. The van der Waals surface area contributed by atoms with Crippen molar-refractivity contribution in [1.82, 2.24) is 10.2 Å². The summed E-state index contributed by atoms with van der Waals surface area (Å²) in [6, 6.07) is 0.242. The van der Waals surface area contributed by atoms with Gasteiger partial charge in [-0.15, -0.1) is 0 Å². The Balaban J connectivity index is 3.37.